The summed E-state index contributed by atoms with van der Waals surface area (Å²) in [6.45, 7) is 0.580. The number of nitrogens with one attached hydrogen (secondary N) is 1. The number of carbonyl (C=O) groups is 1. The number of benzene rings is 3. The zero-order valence-electron chi connectivity index (χ0n) is 17.7. The van der Waals surface area contributed by atoms with Gasteiger partial charge < -0.3 is 14.8 Å². The maximum atomic E-state index is 12.6. The molecule has 31 heavy (non-hydrogen) atoms. The van der Waals surface area contributed by atoms with E-state index in [0.717, 1.165) is 11.1 Å². The van der Waals surface area contributed by atoms with Gasteiger partial charge in [-0.2, -0.15) is 5.10 Å². The van der Waals surface area contributed by atoms with E-state index in [1.165, 1.54) is 10.8 Å². The van der Waals surface area contributed by atoms with Crippen LogP contribution >= 0.6 is 0 Å². The molecule has 4 rings (SSSR count). The van der Waals surface area contributed by atoms with Gasteiger partial charge in [-0.3, -0.25) is 4.79 Å². The molecule has 0 bridgehead atoms. The highest BCUT2D eigenvalue weighted by Gasteiger charge is 2.11. The van der Waals surface area contributed by atoms with Crippen molar-refractivity contribution in [2.45, 2.75) is 19.4 Å². The number of hydrogen-bond acceptors (Lipinski definition) is 4. The number of aromatic nitrogens is 2. The number of hydrogen-bond donors (Lipinski definition) is 1. The van der Waals surface area contributed by atoms with E-state index in [-0.39, 0.29) is 5.91 Å². The molecular weight excluding hydrogens is 390 g/mol. The average molecular weight is 415 g/mol. The molecular formula is C25H25N3O3. The Hall–Kier alpha value is -3.80. The smallest absolute Gasteiger partial charge is 0.225 e. The van der Waals surface area contributed by atoms with Crippen LogP contribution < -0.4 is 14.8 Å². The predicted octanol–water partition coefficient (Wildman–Crippen LogP) is 4.67. The zero-order chi connectivity index (χ0) is 21.6. The van der Waals surface area contributed by atoms with Crippen LogP contribution in [0, 0.1) is 0 Å². The van der Waals surface area contributed by atoms with Gasteiger partial charge in [0.1, 0.15) is 17.3 Å². The summed E-state index contributed by atoms with van der Waals surface area (Å²) < 4.78 is 12.4. The van der Waals surface area contributed by atoms with Crippen LogP contribution in [0.3, 0.4) is 0 Å². The largest absolute Gasteiger partial charge is 0.497 e. The van der Waals surface area contributed by atoms with Gasteiger partial charge in [0, 0.05) is 18.6 Å². The van der Waals surface area contributed by atoms with Gasteiger partial charge in [0.15, 0.2) is 0 Å². The van der Waals surface area contributed by atoms with Crippen LogP contribution in [-0.4, -0.2) is 29.9 Å². The van der Waals surface area contributed by atoms with E-state index in [1.807, 2.05) is 47.1 Å². The Morgan fingerprint density at radius 2 is 1.71 bits per heavy atom. The fourth-order valence-electron chi connectivity index (χ4n) is 3.63. The molecule has 0 radical (unpaired) electrons. The Kier molecular flexibility index (Phi) is 6.17. The van der Waals surface area contributed by atoms with Crippen molar-refractivity contribution in [1.82, 2.24) is 9.78 Å². The van der Waals surface area contributed by atoms with E-state index in [0.29, 0.717) is 36.7 Å². The van der Waals surface area contributed by atoms with E-state index >= 15 is 0 Å². The molecule has 1 heterocycles. The summed E-state index contributed by atoms with van der Waals surface area (Å²) in [4.78, 5) is 12.6. The van der Waals surface area contributed by atoms with Crippen LogP contribution in [0.2, 0.25) is 0 Å². The lowest BCUT2D eigenvalue weighted by molar-refractivity contribution is -0.116. The van der Waals surface area contributed by atoms with Crippen LogP contribution in [0.25, 0.3) is 10.8 Å². The molecule has 0 unspecified atom stereocenters. The maximum absolute atomic E-state index is 12.6. The average Bonchev–Trinajstić information content (AvgIpc) is 3.24. The Bertz CT molecular complexity index is 1170. The first kappa shape index (κ1) is 20.5. The Morgan fingerprint density at radius 1 is 0.968 bits per heavy atom. The highest BCUT2D eigenvalue weighted by Crippen LogP contribution is 2.24. The van der Waals surface area contributed by atoms with Crippen molar-refractivity contribution >= 4 is 22.5 Å². The third-order valence-corrected chi connectivity index (χ3v) is 5.24. The number of fused-ring (bicyclic) bond motifs is 1. The highest BCUT2D eigenvalue weighted by molar-refractivity contribution is 5.90. The molecule has 1 amide bonds. The number of aryl methyl sites for hydroxylation is 1. The minimum Gasteiger partial charge on any atom is -0.497 e. The molecule has 0 saturated heterocycles. The third kappa shape index (κ3) is 4.86. The highest BCUT2D eigenvalue weighted by atomic mass is 16.5. The summed E-state index contributed by atoms with van der Waals surface area (Å²) in [6, 6.07) is 22.0. The Labute approximate surface area is 181 Å². The van der Waals surface area contributed by atoms with E-state index in [1.54, 1.807) is 20.4 Å². The van der Waals surface area contributed by atoms with Crippen molar-refractivity contribution in [1.29, 1.82) is 0 Å². The topological polar surface area (TPSA) is 65.4 Å². The predicted molar refractivity (Wildman–Crippen MR) is 122 cm³/mol. The Morgan fingerprint density at radius 3 is 2.48 bits per heavy atom. The van der Waals surface area contributed by atoms with Gasteiger partial charge in [0.25, 0.3) is 0 Å². The first-order valence-corrected chi connectivity index (χ1v) is 10.2. The van der Waals surface area contributed by atoms with E-state index in [4.69, 9.17) is 9.47 Å². The molecule has 0 atom stereocenters. The van der Waals surface area contributed by atoms with Gasteiger partial charge in [0.2, 0.25) is 5.91 Å². The SMILES string of the molecule is COc1cc(CCC(=O)Nc2ccnn2Cc2cccc3ccccc23)cc(OC)c1. The molecule has 1 aromatic heterocycles. The van der Waals surface area contributed by atoms with Crippen LogP contribution in [0.15, 0.2) is 72.9 Å². The molecule has 0 aliphatic carbocycles. The second kappa shape index (κ2) is 9.34. The molecule has 0 fully saturated rings. The number of anilines is 1. The van der Waals surface area contributed by atoms with Crippen LogP contribution in [0.5, 0.6) is 11.5 Å². The first-order chi connectivity index (χ1) is 15.2. The molecule has 0 aliphatic heterocycles. The Balaban J connectivity index is 1.43. The standard InChI is InChI=1S/C25H25N3O3/c1-30-21-14-18(15-22(16-21)31-2)10-11-25(29)27-24-12-13-26-28(24)17-20-8-5-7-19-6-3-4-9-23(19)20/h3-9,12-16H,10-11,17H2,1-2H3,(H,27,29). The zero-order valence-corrected chi connectivity index (χ0v) is 17.7. The van der Waals surface area contributed by atoms with Gasteiger partial charge in [-0.25, -0.2) is 4.68 Å². The van der Waals surface area contributed by atoms with E-state index < -0.39 is 0 Å². The summed E-state index contributed by atoms with van der Waals surface area (Å²) in [5.74, 6) is 2.04. The summed E-state index contributed by atoms with van der Waals surface area (Å²) in [7, 11) is 3.23. The third-order valence-electron chi connectivity index (χ3n) is 5.24. The second-order valence-corrected chi connectivity index (χ2v) is 7.28. The fraction of sp³-hybridized carbons (Fsp3) is 0.200. The first-order valence-electron chi connectivity index (χ1n) is 10.2. The molecule has 6 heteroatoms. The van der Waals surface area contributed by atoms with Crippen LogP contribution in [0.4, 0.5) is 5.82 Å². The van der Waals surface area contributed by atoms with Crippen LogP contribution in [0.1, 0.15) is 17.5 Å². The van der Waals surface area contributed by atoms with Crippen molar-refractivity contribution in [3.63, 3.8) is 0 Å². The number of amides is 1. The summed E-state index contributed by atoms with van der Waals surface area (Å²) in [6.07, 6.45) is 2.63. The lowest BCUT2D eigenvalue weighted by Crippen LogP contribution is -2.16. The quantitative estimate of drug-likeness (QED) is 0.454. The van der Waals surface area contributed by atoms with E-state index in [2.05, 4.69) is 34.7 Å². The number of rotatable bonds is 8. The maximum Gasteiger partial charge on any atom is 0.225 e. The number of nitrogens with zero attached hydrogens (tertiary/aromatic N) is 2. The lowest BCUT2D eigenvalue weighted by atomic mass is 10.0. The molecule has 4 aromatic rings. The molecule has 0 spiro atoms. The number of carbonyl (C=O) groups excluding carboxylic acids is 1. The monoisotopic (exact) mass is 415 g/mol. The second-order valence-electron chi connectivity index (χ2n) is 7.28. The van der Waals surface area contributed by atoms with Crippen LogP contribution in [-0.2, 0) is 17.8 Å². The lowest BCUT2D eigenvalue weighted by Gasteiger charge is -2.12. The minimum atomic E-state index is -0.0681. The van der Waals surface area contributed by atoms with E-state index in [9.17, 15) is 4.79 Å². The van der Waals surface area contributed by atoms with Gasteiger partial charge >= 0.3 is 0 Å². The van der Waals surface area contributed by atoms with Gasteiger partial charge in [-0.05, 0) is 40.5 Å². The summed E-state index contributed by atoms with van der Waals surface area (Å²) in [5.41, 5.74) is 2.14. The molecule has 0 aliphatic rings. The minimum absolute atomic E-state index is 0.0681. The van der Waals surface area contributed by atoms with Crippen molar-refractivity contribution in [3.05, 3.63) is 84.1 Å². The fourth-order valence-corrected chi connectivity index (χ4v) is 3.63. The van der Waals surface area contributed by atoms with Crippen molar-refractivity contribution in [2.24, 2.45) is 0 Å². The van der Waals surface area contributed by atoms with Gasteiger partial charge in [0.05, 0.1) is 27.0 Å². The normalized spacial score (nSPS) is 10.8. The van der Waals surface area contributed by atoms with Crippen molar-refractivity contribution in [3.8, 4) is 11.5 Å². The van der Waals surface area contributed by atoms with Crippen molar-refractivity contribution < 1.29 is 14.3 Å². The molecule has 0 saturated carbocycles. The molecule has 6 nitrogen and oxygen atoms in total. The summed E-state index contributed by atoms with van der Waals surface area (Å²) >= 11 is 0. The van der Waals surface area contributed by atoms with Crippen molar-refractivity contribution in [2.75, 3.05) is 19.5 Å². The number of methoxy groups -OCH3 is 2. The summed E-state index contributed by atoms with van der Waals surface area (Å²) in [5, 5.41) is 9.76. The number of ether oxygens (including phenoxy) is 2. The van der Waals surface area contributed by atoms with Gasteiger partial charge in [-0.15, -0.1) is 0 Å². The molecule has 1 N–H and O–H groups in total. The van der Waals surface area contributed by atoms with Gasteiger partial charge in [-0.1, -0.05) is 42.5 Å². The molecule has 3 aromatic carbocycles. The molecule has 158 valence electrons.